The largest absolute Gasteiger partial charge is 0.470 e. The highest BCUT2D eigenvalue weighted by Gasteiger charge is 2.10. The Morgan fingerprint density at radius 3 is 2.73 bits per heavy atom. The minimum absolute atomic E-state index is 0.825. The lowest BCUT2D eigenvalue weighted by atomic mass is 10.4. The van der Waals surface area contributed by atoms with Crippen LogP contribution >= 0.6 is 0 Å². The summed E-state index contributed by atoms with van der Waals surface area (Å²) >= 11 is 0. The molecule has 3 heteroatoms. The molecule has 0 radical (unpaired) electrons. The Hall–Kier alpha value is -0.960. The minimum atomic E-state index is 0.825. The second-order valence-electron chi connectivity index (χ2n) is 2.58. The van der Waals surface area contributed by atoms with Crippen molar-refractivity contribution in [1.82, 2.24) is 0 Å². The van der Waals surface area contributed by atoms with Crippen LogP contribution in [0.25, 0.3) is 0 Å². The Bertz CT molecular complexity index is 202. The van der Waals surface area contributed by atoms with Crippen LogP contribution in [-0.2, 0) is 4.74 Å². The van der Waals surface area contributed by atoms with Crippen LogP contribution in [0.2, 0.25) is 0 Å². The molecule has 2 rings (SSSR count). The number of hydrogen-bond acceptors (Lipinski definition) is 3. The van der Waals surface area contributed by atoms with Crippen LogP contribution in [0.3, 0.4) is 0 Å². The molecule has 1 aromatic heterocycles. The van der Waals surface area contributed by atoms with E-state index in [0.29, 0.717) is 0 Å². The predicted molar refractivity (Wildman–Crippen MR) is 41.7 cm³/mol. The first kappa shape index (κ1) is 6.73. The molecule has 0 aromatic carbocycles. The summed E-state index contributed by atoms with van der Waals surface area (Å²) in [5.41, 5.74) is 1.16. The molecular formula is C8H11NO2. The van der Waals surface area contributed by atoms with Crippen molar-refractivity contribution in [2.45, 2.75) is 0 Å². The van der Waals surface area contributed by atoms with Gasteiger partial charge in [0.1, 0.15) is 6.26 Å². The standard InChI is InChI=1S/C8H11NO2/c1-4-11-7-8(1)9-2-5-10-6-3-9/h1,4,7H,2-3,5-6H2. The molecule has 1 aliphatic rings. The Balaban J connectivity index is 2.04. The summed E-state index contributed by atoms with van der Waals surface area (Å²) in [5, 5.41) is 0. The molecule has 3 nitrogen and oxygen atoms in total. The average Bonchev–Trinajstić information content (AvgIpc) is 2.58. The van der Waals surface area contributed by atoms with E-state index in [4.69, 9.17) is 9.15 Å². The van der Waals surface area contributed by atoms with Gasteiger partial charge in [-0.15, -0.1) is 0 Å². The van der Waals surface area contributed by atoms with E-state index >= 15 is 0 Å². The Labute approximate surface area is 65.6 Å². The summed E-state index contributed by atoms with van der Waals surface area (Å²) in [6.45, 7) is 3.59. The molecule has 1 aliphatic heterocycles. The highest BCUT2D eigenvalue weighted by atomic mass is 16.5. The summed E-state index contributed by atoms with van der Waals surface area (Å²) in [6, 6.07) is 1.98. The van der Waals surface area contributed by atoms with E-state index in [2.05, 4.69) is 4.90 Å². The maximum absolute atomic E-state index is 5.23. The molecule has 0 saturated carbocycles. The van der Waals surface area contributed by atoms with Crippen LogP contribution in [0, 0.1) is 0 Å². The van der Waals surface area contributed by atoms with Crippen molar-refractivity contribution < 1.29 is 9.15 Å². The average molecular weight is 153 g/mol. The van der Waals surface area contributed by atoms with Crippen molar-refractivity contribution in [3.63, 3.8) is 0 Å². The SMILES string of the molecule is c1cc(N2CCOCC2)co1. The molecule has 0 unspecified atom stereocenters. The molecule has 60 valence electrons. The van der Waals surface area contributed by atoms with Gasteiger partial charge in [-0.1, -0.05) is 0 Å². The summed E-state index contributed by atoms with van der Waals surface area (Å²) in [6.07, 6.45) is 3.47. The van der Waals surface area contributed by atoms with Crippen LogP contribution in [-0.4, -0.2) is 26.3 Å². The van der Waals surface area contributed by atoms with Gasteiger partial charge in [-0.3, -0.25) is 0 Å². The lowest BCUT2D eigenvalue weighted by Crippen LogP contribution is -2.35. The molecule has 0 atom stereocenters. The van der Waals surface area contributed by atoms with Gasteiger partial charge in [-0.05, 0) is 6.07 Å². The van der Waals surface area contributed by atoms with Gasteiger partial charge in [-0.25, -0.2) is 0 Å². The third-order valence-electron chi connectivity index (χ3n) is 1.88. The smallest absolute Gasteiger partial charge is 0.114 e. The van der Waals surface area contributed by atoms with Gasteiger partial charge in [0.15, 0.2) is 0 Å². The van der Waals surface area contributed by atoms with Crippen molar-refractivity contribution in [3.05, 3.63) is 18.6 Å². The highest BCUT2D eigenvalue weighted by Crippen LogP contribution is 2.14. The molecule has 0 bridgehead atoms. The predicted octanol–water partition coefficient (Wildman–Crippen LogP) is 1.12. The maximum atomic E-state index is 5.23. The van der Waals surface area contributed by atoms with Gasteiger partial charge in [0.05, 0.1) is 25.2 Å². The van der Waals surface area contributed by atoms with Gasteiger partial charge in [-0.2, -0.15) is 0 Å². The lowest BCUT2D eigenvalue weighted by Gasteiger charge is -2.27. The van der Waals surface area contributed by atoms with Crippen LogP contribution in [0.1, 0.15) is 0 Å². The second-order valence-corrected chi connectivity index (χ2v) is 2.58. The molecule has 0 amide bonds. The van der Waals surface area contributed by atoms with E-state index in [0.717, 1.165) is 32.0 Å². The van der Waals surface area contributed by atoms with Crippen molar-refractivity contribution in [2.24, 2.45) is 0 Å². The molecular weight excluding hydrogens is 142 g/mol. The summed E-state index contributed by atoms with van der Waals surface area (Å²) in [5.74, 6) is 0. The number of rotatable bonds is 1. The Kier molecular flexibility index (Phi) is 1.81. The monoisotopic (exact) mass is 153 g/mol. The zero-order valence-electron chi connectivity index (χ0n) is 6.32. The number of anilines is 1. The molecule has 1 fully saturated rings. The topological polar surface area (TPSA) is 25.6 Å². The summed E-state index contributed by atoms with van der Waals surface area (Å²) in [4.78, 5) is 2.26. The number of nitrogens with zero attached hydrogens (tertiary/aromatic N) is 1. The number of morpholine rings is 1. The Morgan fingerprint density at radius 2 is 2.09 bits per heavy atom. The fourth-order valence-corrected chi connectivity index (χ4v) is 1.26. The zero-order valence-corrected chi connectivity index (χ0v) is 6.32. The minimum Gasteiger partial charge on any atom is -0.470 e. The fraction of sp³-hybridized carbons (Fsp3) is 0.500. The van der Waals surface area contributed by atoms with Crippen LogP contribution < -0.4 is 4.90 Å². The third kappa shape index (κ3) is 1.38. The third-order valence-corrected chi connectivity index (χ3v) is 1.88. The first-order chi connectivity index (χ1) is 5.47. The van der Waals surface area contributed by atoms with Crippen LogP contribution in [0.5, 0.6) is 0 Å². The molecule has 0 N–H and O–H groups in total. The number of ether oxygens (including phenoxy) is 1. The van der Waals surface area contributed by atoms with Gasteiger partial charge in [0.25, 0.3) is 0 Å². The molecule has 0 spiro atoms. The van der Waals surface area contributed by atoms with Crippen molar-refractivity contribution in [2.75, 3.05) is 31.2 Å². The summed E-state index contributed by atoms with van der Waals surface area (Å²) < 4.78 is 10.2. The van der Waals surface area contributed by atoms with Crippen LogP contribution in [0.15, 0.2) is 23.0 Å². The molecule has 0 aliphatic carbocycles. The van der Waals surface area contributed by atoms with E-state index in [1.165, 1.54) is 0 Å². The first-order valence-corrected chi connectivity index (χ1v) is 3.82. The molecule has 11 heavy (non-hydrogen) atoms. The van der Waals surface area contributed by atoms with E-state index in [1.54, 1.807) is 12.5 Å². The molecule has 2 heterocycles. The fourth-order valence-electron chi connectivity index (χ4n) is 1.26. The molecule has 1 saturated heterocycles. The van der Waals surface area contributed by atoms with Gasteiger partial charge < -0.3 is 14.1 Å². The highest BCUT2D eigenvalue weighted by molar-refractivity contribution is 5.42. The van der Waals surface area contributed by atoms with E-state index < -0.39 is 0 Å². The van der Waals surface area contributed by atoms with Crippen molar-refractivity contribution >= 4 is 5.69 Å². The van der Waals surface area contributed by atoms with Crippen molar-refractivity contribution in [3.8, 4) is 0 Å². The summed E-state index contributed by atoms with van der Waals surface area (Å²) in [7, 11) is 0. The molecule has 1 aromatic rings. The zero-order chi connectivity index (χ0) is 7.52. The Morgan fingerprint density at radius 1 is 1.27 bits per heavy atom. The normalized spacial score (nSPS) is 18.7. The van der Waals surface area contributed by atoms with Crippen LogP contribution in [0.4, 0.5) is 5.69 Å². The van der Waals surface area contributed by atoms with Gasteiger partial charge >= 0.3 is 0 Å². The quantitative estimate of drug-likeness (QED) is 0.604. The van der Waals surface area contributed by atoms with E-state index in [9.17, 15) is 0 Å². The van der Waals surface area contributed by atoms with E-state index in [1.807, 2.05) is 6.07 Å². The second kappa shape index (κ2) is 2.96. The first-order valence-electron chi connectivity index (χ1n) is 3.82. The lowest BCUT2D eigenvalue weighted by molar-refractivity contribution is 0.122. The number of hydrogen-bond donors (Lipinski definition) is 0. The van der Waals surface area contributed by atoms with Crippen molar-refractivity contribution in [1.29, 1.82) is 0 Å². The van der Waals surface area contributed by atoms with E-state index in [-0.39, 0.29) is 0 Å². The maximum Gasteiger partial charge on any atom is 0.114 e. The van der Waals surface area contributed by atoms with Gasteiger partial charge in [0, 0.05) is 13.1 Å². The number of furan rings is 1. The van der Waals surface area contributed by atoms with Gasteiger partial charge in [0.2, 0.25) is 0 Å².